The summed E-state index contributed by atoms with van der Waals surface area (Å²) in [5.41, 5.74) is 2.97. The molecule has 2 atom stereocenters. The van der Waals surface area contributed by atoms with Crippen molar-refractivity contribution in [2.24, 2.45) is 11.8 Å². The first kappa shape index (κ1) is 18.3. The van der Waals surface area contributed by atoms with Crippen LogP contribution in [0.5, 0.6) is 0 Å². The number of fused-ring (bicyclic) bond motifs is 1. The van der Waals surface area contributed by atoms with Gasteiger partial charge >= 0.3 is 6.09 Å². The van der Waals surface area contributed by atoms with E-state index in [9.17, 15) is 9.59 Å². The van der Waals surface area contributed by atoms with Crippen LogP contribution in [-0.2, 0) is 14.9 Å². The summed E-state index contributed by atoms with van der Waals surface area (Å²) < 4.78 is 4.91. The van der Waals surface area contributed by atoms with Crippen LogP contribution in [-0.4, -0.2) is 42.6 Å². The van der Waals surface area contributed by atoms with Gasteiger partial charge in [0.1, 0.15) is 0 Å². The number of nitrogens with zero attached hydrogens (tertiary/aromatic N) is 1. The number of carbonyl (C=O) groups is 2. The minimum atomic E-state index is -0.375. The van der Waals surface area contributed by atoms with Crippen molar-refractivity contribution in [3.05, 3.63) is 35.4 Å². The molecule has 1 saturated heterocycles. The number of rotatable bonds is 5. The molecule has 0 unspecified atom stereocenters. The largest absolute Gasteiger partial charge is 0.450 e. The monoisotopic (exact) mass is 370 g/mol. The first-order valence-electron chi connectivity index (χ1n) is 10.3. The van der Waals surface area contributed by atoms with E-state index in [1.807, 2.05) is 0 Å². The maximum atomic E-state index is 12.9. The van der Waals surface area contributed by atoms with Gasteiger partial charge in [0, 0.05) is 30.5 Å². The number of benzene rings is 1. The van der Waals surface area contributed by atoms with Gasteiger partial charge in [-0.3, -0.25) is 4.79 Å². The Kier molecular flexibility index (Phi) is 4.65. The Morgan fingerprint density at radius 2 is 2.11 bits per heavy atom. The lowest BCUT2D eigenvalue weighted by molar-refractivity contribution is -0.138. The average molecular weight is 370 g/mol. The molecule has 0 bridgehead atoms. The second-order valence-electron chi connectivity index (χ2n) is 8.79. The molecule has 5 nitrogen and oxygen atoms in total. The molecule has 0 spiro atoms. The van der Waals surface area contributed by atoms with Crippen LogP contribution in [0.2, 0.25) is 0 Å². The van der Waals surface area contributed by atoms with E-state index in [4.69, 9.17) is 4.74 Å². The topological polar surface area (TPSA) is 58.6 Å². The third-order valence-corrected chi connectivity index (χ3v) is 6.67. The van der Waals surface area contributed by atoms with E-state index in [2.05, 4.69) is 48.3 Å². The Morgan fingerprint density at radius 1 is 1.33 bits per heavy atom. The number of nitrogens with one attached hydrogen (secondary N) is 1. The number of hydrogen-bond donors (Lipinski definition) is 1. The highest BCUT2D eigenvalue weighted by molar-refractivity contribution is 5.81. The Balaban J connectivity index is 1.34. The second kappa shape index (κ2) is 6.84. The molecule has 1 heterocycles. The molecule has 1 aliphatic heterocycles. The van der Waals surface area contributed by atoms with Gasteiger partial charge in [0.2, 0.25) is 5.91 Å². The van der Waals surface area contributed by atoms with Gasteiger partial charge < -0.3 is 15.0 Å². The molecule has 146 valence electrons. The molecule has 2 amide bonds. The zero-order valence-electron chi connectivity index (χ0n) is 16.5. The quantitative estimate of drug-likeness (QED) is 0.864. The van der Waals surface area contributed by atoms with Crippen LogP contribution >= 0.6 is 0 Å². The lowest BCUT2D eigenvalue weighted by Crippen LogP contribution is -2.50. The first-order valence-corrected chi connectivity index (χ1v) is 10.3. The minimum Gasteiger partial charge on any atom is -0.450 e. The Bertz CT molecular complexity index is 741. The molecular formula is C22H30N2O3. The third-order valence-electron chi connectivity index (χ3n) is 6.67. The van der Waals surface area contributed by atoms with E-state index in [1.165, 1.54) is 17.5 Å². The first-order chi connectivity index (χ1) is 12.9. The smallest absolute Gasteiger partial charge is 0.407 e. The molecule has 4 rings (SSSR count). The number of likely N-dealkylation sites (tertiary alicyclic amines) is 1. The number of amides is 2. The molecule has 5 heteroatoms. The number of carbonyl (C=O) groups excluding carboxylic acids is 2. The van der Waals surface area contributed by atoms with Crippen molar-refractivity contribution in [3.63, 3.8) is 0 Å². The van der Waals surface area contributed by atoms with E-state index >= 15 is 0 Å². The molecule has 2 aliphatic carbocycles. The summed E-state index contributed by atoms with van der Waals surface area (Å²) in [6.07, 6.45) is 2.29. The zero-order valence-corrected chi connectivity index (χ0v) is 16.5. The highest BCUT2D eigenvalue weighted by Crippen LogP contribution is 2.59. The molecule has 3 aliphatic rings. The fraction of sp³-hybridized carbons (Fsp3) is 0.636. The van der Waals surface area contributed by atoms with E-state index in [1.54, 1.807) is 6.92 Å². The summed E-state index contributed by atoms with van der Waals surface area (Å²) in [5.74, 6) is 1.45. The van der Waals surface area contributed by atoms with Gasteiger partial charge in [-0.15, -0.1) is 0 Å². The molecule has 1 aromatic carbocycles. The van der Waals surface area contributed by atoms with E-state index in [-0.39, 0.29) is 29.4 Å². The summed E-state index contributed by atoms with van der Waals surface area (Å²) in [6, 6.07) is 9.03. The van der Waals surface area contributed by atoms with Crippen molar-refractivity contribution in [1.29, 1.82) is 0 Å². The van der Waals surface area contributed by atoms with Crippen LogP contribution in [0.4, 0.5) is 4.79 Å². The highest BCUT2D eigenvalue weighted by Gasteiger charge is 2.62. The average Bonchev–Trinajstić information content (AvgIpc) is 3.19. The zero-order chi connectivity index (χ0) is 19.2. The summed E-state index contributed by atoms with van der Waals surface area (Å²) in [5, 5.41) is 2.83. The fourth-order valence-electron chi connectivity index (χ4n) is 4.84. The third kappa shape index (κ3) is 3.32. The van der Waals surface area contributed by atoms with Crippen LogP contribution in [0.3, 0.4) is 0 Å². The molecule has 1 N–H and O–H groups in total. The summed E-state index contributed by atoms with van der Waals surface area (Å²) in [7, 11) is 0. The molecule has 0 aromatic heterocycles. The van der Waals surface area contributed by atoms with E-state index in [0.29, 0.717) is 18.4 Å². The normalized spacial score (nSPS) is 31.3. The van der Waals surface area contributed by atoms with Crippen molar-refractivity contribution >= 4 is 12.0 Å². The van der Waals surface area contributed by atoms with Crippen molar-refractivity contribution in [2.75, 3.05) is 19.7 Å². The Labute approximate surface area is 161 Å². The van der Waals surface area contributed by atoms with Crippen LogP contribution < -0.4 is 5.32 Å². The summed E-state index contributed by atoms with van der Waals surface area (Å²) >= 11 is 0. The van der Waals surface area contributed by atoms with Gasteiger partial charge in [0.25, 0.3) is 0 Å². The van der Waals surface area contributed by atoms with Gasteiger partial charge in [-0.2, -0.15) is 0 Å². The standard InChI is InChI=1S/C22H30N2O3/c1-4-27-21(26)23-19-9-16(10-19)20(25)24-12-18-11-22(18,13-24)17-7-5-6-15(8-17)14(2)3/h5-8,14,16,18-19H,4,9-13H2,1-3H3,(H,23,26)/t16-,18-,19+,22+/m0/s1. The van der Waals surface area contributed by atoms with Crippen LogP contribution in [0, 0.1) is 11.8 Å². The van der Waals surface area contributed by atoms with Crippen molar-refractivity contribution in [2.45, 2.75) is 57.4 Å². The summed E-state index contributed by atoms with van der Waals surface area (Å²) in [6.45, 7) is 8.35. The Morgan fingerprint density at radius 3 is 2.81 bits per heavy atom. The molecule has 2 saturated carbocycles. The van der Waals surface area contributed by atoms with Crippen LogP contribution in [0.15, 0.2) is 24.3 Å². The highest BCUT2D eigenvalue weighted by atomic mass is 16.5. The minimum absolute atomic E-state index is 0.0495. The van der Waals surface area contributed by atoms with E-state index in [0.717, 1.165) is 25.9 Å². The predicted molar refractivity (Wildman–Crippen MR) is 104 cm³/mol. The molecular weight excluding hydrogens is 340 g/mol. The number of piperidine rings is 1. The van der Waals surface area contributed by atoms with Crippen molar-refractivity contribution in [3.8, 4) is 0 Å². The summed E-state index contributed by atoms with van der Waals surface area (Å²) in [4.78, 5) is 26.4. The second-order valence-corrected chi connectivity index (χ2v) is 8.79. The number of ether oxygens (including phenoxy) is 1. The lowest BCUT2D eigenvalue weighted by atomic mass is 9.79. The SMILES string of the molecule is CCOC(=O)N[C@H]1C[C@@H](C(=O)N2C[C@@H]3C[C@]3(c3cccc(C(C)C)c3)C2)C1. The lowest BCUT2D eigenvalue weighted by Gasteiger charge is -2.37. The van der Waals surface area contributed by atoms with Gasteiger partial charge in [-0.1, -0.05) is 38.1 Å². The van der Waals surface area contributed by atoms with Crippen LogP contribution in [0.25, 0.3) is 0 Å². The van der Waals surface area contributed by atoms with Crippen molar-refractivity contribution < 1.29 is 14.3 Å². The van der Waals surface area contributed by atoms with Gasteiger partial charge in [0.15, 0.2) is 0 Å². The molecule has 3 fully saturated rings. The fourth-order valence-corrected chi connectivity index (χ4v) is 4.84. The van der Waals surface area contributed by atoms with Crippen LogP contribution in [0.1, 0.15) is 57.1 Å². The maximum Gasteiger partial charge on any atom is 0.407 e. The molecule has 1 aromatic rings. The van der Waals surface area contributed by atoms with Gasteiger partial charge in [0.05, 0.1) is 6.61 Å². The van der Waals surface area contributed by atoms with E-state index < -0.39 is 0 Å². The molecule has 27 heavy (non-hydrogen) atoms. The Hall–Kier alpha value is -2.04. The predicted octanol–water partition coefficient (Wildman–Crippen LogP) is 3.43. The maximum absolute atomic E-state index is 12.9. The number of hydrogen-bond acceptors (Lipinski definition) is 3. The van der Waals surface area contributed by atoms with Gasteiger partial charge in [-0.05, 0) is 49.1 Å². The van der Waals surface area contributed by atoms with Crippen molar-refractivity contribution in [1.82, 2.24) is 10.2 Å². The number of alkyl carbamates (subject to hydrolysis) is 1. The molecule has 0 radical (unpaired) electrons. The van der Waals surface area contributed by atoms with Gasteiger partial charge in [-0.25, -0.2) is 4.79 Å².